The maximum absolute atomic E-state index is 12.0. The average molecular weight is 423 g/mol. The minimum atomic E-state index is -0.0537. The van der Waals surface area contributed by atoms with Crippen molar-refractivity contribution in [2.24, 2.45) is 0 Å². The molecule has 1 amide bonds. The van der Waals surface area contributed by atoms with Crippen LogP contribution in [0.15, 0.2) is 18.3 Å². The summed E-state index contributed by atoms with van der Waals surface area (Å²) < 4.78 is 6.45. The van der Waals surface area contributed by atoms with E-state index in [0.717, 1.165) is 37.7 Å². The van der Waals surface area contributed by atoms with Crippen LogP contribution < -0.4 is 4.90 Å². The van der Waals surface area contributed by atoms with Gasteiger partial charge < -0.3 is 19.4 Å². The lowest BCUT2D eigenvalue weighted by Crippen LogP contribution is -2.47. The number of piperidine rings is 2. The second-order valence-electron chi connectivity index (χ2n) is 8.74. The molecule has 29 heavy (non-hydrogen) atoms. The molecule has 1 aliphatic carbocycles. The number of amides is 1. The van der Waals surface area contributed by atoms with Crippen LogP contribution in [0.3, 0.4) is 0 Å². The van der Waals surface area contributed by atoms with Gasteiger partial charge in [-0.25, -0.2) is 4.98 Å². The van der Waals surface area contributed by atoms with Gasteiger partial charge in [-0.05, 0) is 50.7 Å². The lowest BCUT2D eigenvalue weighted by atomic mass is 9.89. The van der Waals surface area contributed by atoms with Crippen LogP contribution in [0, 0.1) is 0 Å². The molecule has 7 heteroatoms. The van der Waals surface area contributed by atoms with Crippen molar-refractivity contribution in [3.05, 3.63) is 24.0 Å². The van der Waals surface area contributed by atoms with E-state index >= 15 is 0 Å². The molecule has 2 saturated heterocycles. The van der Waals surface area contributed by atoms with Crippen LogP contribution in [0.25, 0.3) is 0 Å². The molecule has 0 unspecified atom stereocenters. The molecule has 1 aromatic rings. The molecular formula is C22H35ClN4O2. The van der Waals surface area contributed by atoms with Crippen molar-refractivity contribution < 1.29 is 9.53 Å². The Morgan fingerprint density at radius 2 is 1.62 bits per heavy atom. The molecule has 1 aromatic heterocycles. The normalized spacial score (nSPS) is 22.1. The zero-order valence-corrected chi connectivity index (χ0v) is 18.6. The number of hydrogen-bond acceptors (Lipinski definition) is 5. The molecule has 0 atom stereocenters. The van der Waals surface area contributed by atoms with E-state index in [2.05, 4.69) is 14.8 Å². The molecule has 3 fully saturated rings. The third kappa shape index (κ3) is 5.41. The molecule has 0 spiro atoms. The predicted octanol–water partition coefficient (Wildman–Crippen LogP) is 3.21. The van der Waals surface area contributed by atoms with Crippen LogP contribution in [-0.2, 0) is 4.74 Å². The van der Waals surface area contributed by atoms with Crippen LogP contribution >= 0.6 is 12.4 Å². The first-order valence-electron chi connectivity index (χ1n) is 10.9. The second-order valence-corrected chi connectivity index (χ2v) is 8.74. The summed E-state index contributed by atoms with van der Waals surface area (Å²) in [5.74, 6) is -0.0537. The topological polar surface area (TPSA) is 48.9 Å². The van der Waals surface area contributed by atoms with Crippen LogP contribution in [0.4, 0.5) is 5.69 Å². The number of carbonyl (C=O) groups is 1. The summed E-state index contributed by atoms with van der Waals surface area (Å²) >= 11 is 0. The fourth-order valence-electron chi connectivity index (χ4n) is 4.58. The summed E-state index contributed by atoms with van der Waals surface area (Å²) in [6.45, 7) is 4.43. The first-order chi connectivity index (χ1) is 13.6. The van der Waals surface area contributed by atoms with Gasteiger partial charge in [-0.15, -0.1) is 12.4 Å². The standard InChI is InChI=1S/C22H34N4O2.ClH/c1-24(2)22(27)21-7-6-18(16-23-21)26-14-10-20(11-15-26)28-19-8-12-25(13-9-19)17-4-3-5-17;/h6-7,16-17,19-20H,3-5,8-15H2,1-2H3;1H. The van der Waals surface area contributed by atoms with Crippen LogP contribution in [0.5, 0.6) is 0 Å². The molecule has 2 aliphatic heterocycles. The number of likely N-dealkylation sites (tertiary alicyclic amines) is 1. The van der Waals surface area contributed by atoms with E-state index in [1.165, 1.54) is 45.2 Å². The van der Waals surface area contributed by atoms with E-state index in [9.17, 15) is 4.79 Å². The van der Waals surface area contributed by atoms with Crippen molar-refractivity contribution in [3.8, 4) is 0 Å². The Morgan fingerprint density at radius 1 is 1.00 bits per heavy atom. The van der Waals surface area contributed by atoms with Crippen molar-refractivity contribution in [1.29, 1.82) is 0 Å². The van der Waals surface area contributed by atoms with Gasteiger partial charge in [-0.1, -0.05) is 6.42 Å². The SMILES string of the molecule is CN(C)C(=O)c1ccc(N2CCC(OC3CCN(C4CCC4)CC3)CC2)cn1.Cl. The number of aromatic nitrogens is 1. The molecule has 3 aliphatic rings. The Morgan fingerprint density at radius 3 is 2.10 bits per heavy atom. The third-order valence-corrected chi connectivity index (χ3v) is 6.63. The number of hydrogen-bond donors (Lipinski definition) is 0. The quantitative estimate of drug-likeness (QED) is 0.729. The number of rotatable bonds is 5. The zero-order valence-electron chi connectivity index (χ0n) is 17.8. The smallest absolute Gasteiger partial charge is 0.271 e. The van der Waals surface area contributed by atoms with Crippen LogP contribution in [0.2, 0.25) is 0 Å². The van der Waals surface area contributed by atoms with E-state index in [-0.39, 0.29) is 18.3 Å². The highest BCUT2D eigenvalue weighted by Gasteiger charge is 2.30. The molecular weight excluding hydrogens is 388 g/mol. The lowest BCUT2D eigenvalue weighted by Gasteiger charge is -2.43. The minimum Gasteiger partial charge on any atom is -0.375 e. The molecule has 0 aromatic carbocycles. The Balaban J connectivity index is 0.00000240. The van der Waals surface area contributed by atoms with E-state index in [1.54, 1.807) is 19.0 Å². The fourth-order valence-corrected chi connectivity index (χ4v) is 4.58. The number of halogens is 1. The summed E-state index contributed by atoms with van der Waals surface area (Å²) in [4.78, 5) is 22.9. The van der Waals surface area contributed by atoms with Gasteiger partial charge in [-0.2, -0.15) is 0 Å². The molecule has 0 radical (unpaired) electrons. The number of anilines is 1. The lowest BCUT2D eigenvalue weighted by molar-refractivity contribution is -0.0598. The van der Waals surface area contributed by atoms with E-state index in [0.29, 0.717) is 17.9 Å². The Kier molecular flexibility index (Phi) is 7.77. The summed E-state index contributed by atoms with van der Waals surface area (Å²) in [5, 5.41) is 0. The summed E-state index contributed by atoms with van der Waals surface area (Å²) in [6, 6.07) is 4.72. The van der Waals surface area contributed by atoms with Crippen molar-refractivity contribution in [2.45, 2.75) is 63.2 Å². The maximum Gasteiger partial charge on any atom is 0.271 e. The summed E-state index contributed by atoms with van der Waals surface area (Å²) in [5.41, 5.74) is 1.60. The van der Waals surface area contributed by atoms with Crippen molar-refractivity contribution in [2.75, 3.05) is 45.2 Å². The van der Waals surface area contributed by atoms with Gasteiger partial charge in [0.25, 0.3) is 5.91 Å². The molecule has 3 heterocycles. The third-order valence-electron chi connectivity index (χ3n) is 6.63. The highest BCUT2D eigenvalue weighted by atomic mass is 35.5. The minimum absolute atomic E-state index is 0. The van der Waals surface area contributed by atoms with Crippen molar-refractivity contribution >= 4 is 24.0 Å². The van der Waals surface area contributed by atoms with Gasteiger partial charge in [0.05, 0.1) is 24.1 Å². The molecule has 162 valence electrons. The maximum atomic E-state index is 12.0. The van der Waals surface area contributed by atoms with Crippen LogP contribution in [0.1, 0.15) is 55.4 Å². The Bertz CT molecular complexity index is 649. The van der Waals surface area contributed by atoms with E-state index in [1.807, 2.05) is 18.3 Å². The summed E-state index contributed by atoms with van der Waals surface area (Å²) in [7, 11) is 3.50. The highest BCUT2D eigenvalue weighted by molar-refractivity contribution is 5.92. The molecule has 0 N–H and O–H groups in total. The van der Waals surface area contributed by atoms with Gasteiger partial charge >= 0.3 is 0 Å². The Hall–Kier alpha value is -1.37. The highest BCUT2D eigenvalue weighted by Crippen LogP contribution is 2.29. The van der Waals surface area contributed by atoms with Gasteiger partial charge in [0.2, 0.25) is 0 Å². The van der Waals surface area contributed by atoms with Crippen molar-refractivity contribution in [3.63, 3.8) is 0 Å². The molecule has 0 bridgehead atoms. The second kappa shape index (κ2) is 10.1. The van der Waals surface area contributed by atoms with Crippen molar-refractivity contribution in [1.82, 2.24) is 14.8 Å². The first-order valence-corrected chi connectivity index (χ1v) is 10.9. The predicted molar refractivity (Wildman–Crippen MR) is 118 cm³/mol. The van der Waals surface area contributed by atoms with Gasteiger partial charge in [0.15, 0.2) is 0 Å². The average Bonchev–Trinajstić information content (AvgIpc) is 2.68. The van der Waals surface area contributed by atoms with Gasteiger partial charge in [0.1, 0.15) is 5.69 Å². The zero-order chi connectivity index (χ0) is 19.5. The van der Waals surface area contributed by atoms with Gasteiger partial charge in [-0.3, -0.25) is 4.79 Å². The number of ether oxygens (including phenoxy) is 1. The number of nitrogens with zero attached hydrogens (tertiary/aromatic N) is 4. The van der Waals surface area contributed by atoms with E-state index in [4.69, 9.17) is 4.74 Å². The molecule has 4 rings (SSSR count). The fraction of sp³-hybridized carbons (Fsp3) is 0.727. The van der Waals surface area contributed by atoms with E-state index < -0.39 is 0 Å². The van der Waals surface area contributed by atoms with Crippen LogP contribution in [-0.4, -0.2) is 79.2 Å². The first kappa shape index (κ1) is 22.3. The largest absolute Gasteiger partial charge is 0.375 e. The molecule has 1 saturated carbocycles. The number of carbonyl (C=O) groups excluding carboxylic acids is 1. The summed E-state index contributed by atoms with van der Waals surface area (Å²) in [6.07, 6.45) is 11.4. The Labute approximate surface area is 181 Å². The van der Waals surface area contributed by atoms with Gasteiger partial charge in [0, 0.05) is 46.3 Å². The monoisotopic (exact) mass is 422 g/mol. The number of pyridine rings is 1. The molecule has 6 nitrogen and oxygen atoms in total.